The Kier molecular flexibility index (Phi) is 7.37. The average molecular weight is 450 g/mol. The highest BCUT2D eigenvalue weighted by Gasteiger charge is 2.30. The number of halogens is 1. The van der Waals surface area contributed by atoms with Crippen LogP contribution in [-0.2, 0) is 24.3 Å². The Hall–Kier alpha value is -2.82. The maximum atomic E-state index is 14.2. The standard InChI is InChI=1S/C21H23FN2O6S/c1-15(16-5-3-2-4-6-16)23-20(25)14-30-21(26)17-7-8-18(22)19(13-17)31(27,28)24-9-11-29-12-10-24/h2-8,13,15H,9-12,14H2,1H3,(H,23,25). The number of amides is 1. The zero-order valence-electron chi connectivity index (χ0n) is 16.9. The normalized spacial score (nSPS) is 15.8. The van der Waals surface area contributed by atoms with Crippen molar-refractivity contribution in [2.45, 2.75) is 17.9 Å². The van der Waals surface area contributed by atoms with E-state index in [1.165, 1.54) is 0 Å². The van der Waals surface area contributed by atoms with Gasteiger partial charge in [0.15, 0.2) is 6.61 Å². The molecule has 0 bridgehead atoms. The summed E-state index contributed by atoms with van der Waals surface area (Å²) in [4.78, 5) is 23.8. The summed E-state index contributed by atoms with van der Waals surface area (Å²) in [5.74, 6) is -2.42. The third-order valence-electron chi connectivity index (χ3n) is 4.77. The van der Waals surface area contributed by atoms with E-state index >= 15 is 0 Å². The molecule has 31 heavy (non-hydrogen) atoms. The van der Waals surface area contributed by atoms with Crippen LogP contribution in [0.3, 0.4) is 0 Å². The summed E-state index contributed by atoms with van der Waals surface area (Å²) in [5, 5.41) is 2.70. The van der Waals surface area contributed by atoms with Gasteiger partial charge in [-0.2, -0.15) is 4.31 Å². The first-order chi connectivity index (χ1) is 14.8. The second-order valence-corrected chi connectivity index (χ2v) is 8.84. The highest BCUT2D eigenvalue weighted by molar-refractivity contribution is 7.89. The van der Waals surface area contributed by atoms with Crippen molar-refractivity contribution in [3.05, 3.63) is 65.5 Å². The number of rotatable bonds is 7. The van der Waals surface area contributed by atoms with Crippen LogP contribution < -0.4 is 5.32 Å². The molecule has 1 fully saturated rings. The van der Waals surface area contributed by atoms with Crippen molar-refractivity contribution in [2.75, 3.05) is 32.9 Å². The lowest BCUT2D eigenvalue weighted by Crippen LogP contribution is -2.41. The van der Waals surface area contributed by atoms with Gasteiger partial charge in [-0.05, 0) is 30.7 Å². The Morgan fingerprint density at radius 1 is 1.16 bits per heavy atom. The van der Waals surface area contributed by atoms with Crippen LogP contribution in [0.2, 0.25) is 0 Å². The van der Waals surface area contributed by atoms with E-state index in [0.29, 0.717) is 0 Å². The molecule has 0 spiro atoms. The van der Waals surface area contributed by atoms with E-state index in [0.717, 1.165) is 28.1 Å². The summed E-state index contributed by atoms with van der Waals surface area (Å²) in [6.45, 7) is 1.83. The monoisotopic (exact) mass is 450 g/mol. The molecule has 1 amide bonds. The number of benzene rings is 2. The van der Waals surface area contributed by atoms with Gasteiger partial charge in [0.2, 0.25) is 10.0 Å². The maximum Gasteiger partial charge on any atom is 0.338 e. The Morgan fingerprint density at radius 2 is 1.84 bits per heavy atom. The van der Waals surface area contributed by atoms with Gasteiger partial charge < -0.3 is 14.8 Å². The molecule has 1 atom stereocenters. The van der Waals surface area contributed by atoms with Crippen LogP contribution in [-0.4, -0.2) is 57.5 Å². The van der Waals surface area contributed by atoms with Gasteiger partial charge in [-0.3, -0.25) is 4.79 Å². The number of carbonyl (C=O) groups excluding carboxylic acids is 2. The van der Waals surface area contributed by atoms with Gasteiger partial charge in [0.05, 0.1) is 24.8 Å². The van der Waals surface area contributed by atoms with Crippen molar-refractivity contribution in [1.29, 1.82) is 0 Å². The summed E-state index contributed by atoms with van der Waals surface area (Å²) in [6, 6.07) is 11.9. The molecule has 1 aliphatic heterocycles. The lowest BCUT2D eigenvalue weighted by atomic mass is 10.1. The van der Waals surface area contributed by atoms with Crippen molar-refractivity contribution >= 4 is 21.9 Å². The summed E-state index contributed by atoms with van der Waals surface area (Å²) < 4.78 is 50.9. The summed E-state index contributed by atoms with van der Waals surface area (Å²) >= 11 is 0. The third kappa shape index (κ3) is 5.66. The van der Waals surface area contributed by atoms with E-state index in [2.05, 4.69) is 5.32 Å². The molecule has 1 N–H and O–H groups in total. The first kappa shape index (κ1) is 22.9. The molecule has 0 aliphatic carbocycles. The SMILES string of the molecule is CC(NC(=O)COC(=O)c1ccc(F)c(S(=O)(=O)N2CCOCC2)c1)c1ccccc1. The molecule has 8 nitrogen and oxygen atoms in total. The van der Waals surface area contributed by atoms with E-state index in [1.54, 1.807) is 6.92 Å². The Bertz CT molecular complexity index is 1040. The Morgan fingerprint density at radius 3 is 2.52 bits per heavy atom. The minimum atomic E-state index is -4.14. The molecule has 2 aromatic carbocycles. The molecule has 10 heteroatoms. The predicted molar refractivity (Wildman–Crippen MR) is 109 cm³/mol. The minimum absolute atomic E-state index is 0.0935. The minimum Gasteiger partial charge on any atom is -0.452 e. The lowest BCUT2D eigenvalue weighted by molar-refractivity contribution is -0.124. The summed E-state index contributed by atoms with van der Waals surface area (Å²) in [6.07, 6.45) is 0. The van der Waals surface area contributed by atoms with Gasteiger partial charge in [-0.15, -0.1) is 0 Å². The highest BCUT2D eigenvalue weighted by atomic mass is 32.2. The molecular formula is C21H23FN2O6S. The first-order valence-corrected chi connectivity index (χ1v) is 11.1. The fourth-order valence-corrected chi connectivity index (χ4v) is 4.58. The molecule has 3 rings (SSSR count). The van der Waals surface area contributed by atoms with Gasteiger partial charge >= 0.3 is 5.97 Å². The van der Waals surface area contributed by atoms with Crippen molar-refractivity contribution in [2.24, 2.45) is 0 Å². The molecule has 1 saturated heterocycles. The molecule has 0 saturated carbocycles. The number of hydrogen-bond acceptors (Lipinski definition) is 6. The van der Waals surface area contributed by atoms with Crippen LogP contribution in [0.25, 0.3) is 0 Å². The summed E-state index contributed by atoms with van der Waals surface area (Å²) in [7, 11) is -4.14. The van der Waals surface area contributed by atoms with Crippen LogP contribution in [0, 0.1) is 5.82 Å². The molecule has 1 aliphatic rings. The number of sulfonamides is 1. The third-order valence-corrected chi connectivity index (χ3v) is 6.68. The highest BCUT2D eigenvalue weighted by Crippen LogP contribution is 2.22. The average Bonchev–Trinajstić information content (AvgIpc) is 2.78. The molecule has 1 unspecified atom stereocenters. The number of morpholine rings is 1. The smallest absolute Gasteiger partial charge is 0.338 e. The molecule has 166 valence electrons. The molecule has 0 aromatic heterocycles. The van der Waals surface area contributed by atoms with Crippen molar-refractivity contribution in [1.82, 2.24) is 9.62 Å². The van der Waals surface area contributed by atoms with Crippen LogP contribution in [0.5, 0.6) is 0 Å². The number of ether oxygens (including phenoxy) is 2. The molecule has 0 radical (unpaired) electrons. The first-order valence-electron chi connectivity index (χ1n) is 9.68. The van der Waals surface area contributed by atoms with E-state index < -0.39 is 39.2 Å². The van der Waals surface area contributed by atoms with E-state index in [-0.39, 0.29) is 37.9 Å². The van der Waals surface area contributed by atoms with Gasteiger partial charge in [0, 0.05) is 13.1 Å². The maximum absolute atomic E-state index is 14.2. The van der Waals surface area contributed by atoms with E-state index in [4.69, 9.17) is 9.47 Å². The van der Waals surface area contributed by atoms with Crippen molar-refractivity contribution < 1.29 is 31.9 Å². The summed E-state index contributed by atoms with van der Waals surface area (Å²) in [5.41, 5.74) is 0.718. The predicted octanol–water partition coefficient (Wildman–Crippen LogP) is 1.88. The lowest BCUT2D eigenvalue weighted by Gasteiger charge is -2.26. The Labute approximate surface area is 180 Å². The second kappa shape index (κ2) is 9.99. The molecule has 2 aromatic rings. The van der Waals surface area contributed by atoms with Crippen molar-refractivity contribution in [3.63, 3.8) is 0 Å². The number of nitrogens with one attached hydrogen (secondary N) is 1. The van der Waals surface area contributed by atoms with Crippen LogP contribution >= 0.6 is 0 Å². The second-order valence-electron chi connectivity index (χ2n) is 6.94. The number of hydrogen-bond donors (Lipinski definition) is 1. The van der Waals surface area contributed by atoms with Gasteiger partial charge in [0.25, 0.3) is 5.91 Å². The van der Waals surface area contributed by atoms with Crippen LogP contribution in [0.4, 0.5) is 4.39 Å². The van der Waals surface area contributed by atoms with Crippen LogP contribution in [0.15, 0.2) is 53.4 Å². The number of carbonyl (C=O) groups is 2. The van der Waals surface area contributed by atoms with E-state index in [1.807, 2.05) is 30.3 Å². The fraction of sp³-hybridized carbons (Fsp3) is 0.333. The fourth-order valence-electron chi connectivity index (χ4n) is 3.08. The van der Waals surface area contributed by atoms with E-state index in [9.17, 15) is 22.4 Å². The largest absolute Gasteiger partial charge is 0.452 e. The molecular weight excluding hydrogens is 427 g/mol. The Balaban J connectivity index is 1.64. The zero-order chi connectivity index (χ0) is 22.4. The molecule has 1 heterocycles. The number of nitrogens with zero attached hydrogens (tertiary/aromatic N) is 1. The quantitative estimate of drug-likeness (QED) is 0.647. The zero-order valence-corrected chi connectivity index (χ0v) is 17.7. The van der Waals surface area contributed by atoms with Gasteiger partial charge in [-0.1, -0.05) is 30.3 Å². The van der Waals surface area contributed by atoms with Gasteiger partial charge in [-0.25, -0.2) is 17.6 Å². The topological polar surface area (TPSA) is 102 Å². The van der Waals surface area contributed by atoms with Gasteiger partial charge in [0.1, 0.15) is 10.7 Å². The van der Waals surface area contributed by atoms with Crippen LogP contribution in [0.1, 0.15) is 28.9 Å². The van der Waals surface area contributed by atoms with Crippen molar-refractivity contribution in [3.8, 4) is 0 Å². The number of esters is 1.